The van der Waals surface area contributed by atoms with E-state index < -0.39 is 49.5 Å². The number of allylic oxidation sites excluding steroid dienone is 2. The van der Waals surface area contributed by atoms with Crippen LogP contribution in [0.25, 0.3) is 0 Å². The summed E-state index contributed by atoms with van der Waals surface area (Å²) >= 11 is 0. The molecule has 0 aliphatic rings. The normalized spacial score (nSPS) is 14.1. The number of rotatable bonds is 4. The minimum absolute atomic E-state index is 0.959. The molecule has 0 fully saturated rings. The van der Waals surface area contributed by atoms with Crippen molar-refractivity contribution in [2.75, 3.05) is 13.3 Å². The van der Waals surface area contributed by atoms with Gasteiger partial charge in [-0.15, -0.1) is 0 Å². The average Bonchev–Trinajstić information content (AvgIpc) is 2.37. The van der Waals surface area contributed by atoms with E-state index in [1.165, 1.54) is 0 Å². The Morgan fingerprint density at radius 1 is 0.722 bits per heavy atom. The molecule has 0 aromatic rings. The molecule has 0 nitrogen and oxygen atoms in total. The Labute approximate surface area is 94.6 Å². The van der Waals surface area contributed by atoms with Crippen LogP contribution < -0.4 is 0 Å². The Balaban J connectivity index is 0. The molecule has 0 rings (SSSR count). The predicted molar refractivity (Wildman–Crippen MR) is 42.4 cm³/mol. The van der Waals surface area contributed by atoms with Crippen molar-refractivity contribution in [1.29, 1.82) is 0 Å². The molecular weight excluding hydrogens is 286 g/mol. The van der Waals surface area contributed by atoms with Gasteiger partial charge in [0, 0.05) is 0 Å². The van der Waals surface area contributed by atoms with Crippen molar-refractivity contribution in [2.24, 2.45) is 0 Å². The molecule has 10 heteroatoms. The molecule has 0 N–H and O–H groups in total. The van der Waals surface area contributed by atoms with Crippen LogP contribution in [0.4, 0.5) is 43.9 Å². The first-order valence-corrected chi connectivity index (χ1v) is 3.89. The third-order valence-electron chi connectivity index (χ3n) is 1.23. The Kier molecular flexibility index (Phi) is 8.48. The van der Waals surface area contributed by atoms with E-state index in [2.05, 4.69) is 0 Å². The molecule has 0 spiro atoms. The number of halogens is 10. The van der Waals surface area contributed by atoms with Gasteiger partial charge in [-0.05, 0) is 0 Å². The monoisotopic (exact) mass is 292 g/mol. The predicted octanol–water partition coefficient (Wildman–Crippen LogP) is 4.74. The van der Waals surface area contributed by atoms with Crippen LogP contribution in [-0.4, -0.2) is 25.2 Å². The largest absolute Gasteiger partial charge is 0.328 e. The van der Waals surface area contributed by atoms with Crippen LogP contribution >= 0.6 is 0 Å². The van der Waals surface area contributed by atoms with Gasteiger partial charge in [0.2, 0.25) is 0 Å². The summed E-state index contributed by atoms with van der Waals surface area (Å²) in [7, 11) is 0. The highest BCUT2D eigenvalue weighted by atomic mass is 19.3. The maximum atomic E-state index is 11.5. The molecule has 0 aliphatic carbocycles. The maximum Gasteiger partial charge on any atom is 0.328 e. The molecule has 18 heavy (non-hydrogen) atoms. The number of hydrogen-bond donors (Lipinski definition) is 0. The van der Waals surface area contributed by atoms with Gasteiger partial charge in [0.15, 0.2) is 25.0 Å². The van der Waals surface area contributed by atoms with Crippen molar-refractivity contribution in [3.63, 3.8) is 0 Å². The summed E-state index contributed by atoms with van der Waals surface area (Å²) in [5.41, 5.74) is 0. The lowest BCUT2D eigenvalue weighted by molar-refractivity contribution is -0.00717. The highest BCUT2D eigenvalue weighted by Crippen LogP contribution is 2.25. The van der Waals surface area contributed by atoms with Crippen molar-refractivity contribution < 1.29 is 43.9 Å². The van der Waals surface area contributed by atoms with Crippen LogP contribution in [0.2, 0.25) is 0 Å². The Bertz CT molecular complexity index is 262. The number of alkyl halides is 6. The zero-order chi connectivity index (χ0) is 15.0. The standard InChI is InChI=1S/2C4H3F5/c2*5-1-3(7)4(8,9)2-6/h2*1H,2H2. The van der Waals surface area contributed by atoms with Crippen molar-refractivity contribution in [3.8, 4) is 0 Å². The third kappa shape index (κ3) is 6.50. The van der Waals surface area contributed by atoms with Gasteiger partial charge in [0.25, 0.3) is 0 Å². The molecule has 0 aromatic carbocycles. The van der Waals surface area contributed by atoms with Gasteiger partial charge in [-0.1, -0.05) is 0 Å². The van der Waals surface area contributed by atoms with E-state index in [1.807, 2.05) is 0 Å². The van der Waals surface area contributed by atoms with E-state index in [4.69, 9.17) is 0 Å². The summed E-state index contributed by atoms with van der Waals surface area (Å²) in [5, 5.41) is 0. The summed E-state index contributed by atoms with van der Waals surface area (Å²) in [6, 6.07) is 0. The lowest BCUT2D eigenvalue weighted by atomic mass is 10.3. The van der Waals surface area contributed by atoms with Crippen molar-refractivity contribution in [2.45, 2.75) is 11.8 Å². The van der Waals surface area contributed by atoms with Crippen molar-refractivity contribution >= 4 is 0 Å². The molecule has 0 saturated carbocycles. The van der Waals surface area contributed by atoms with Crippen molar-refractivity contribution in [3.05, 3.63) is 24.3 Å². The second kappa shape index (κ2) is 7.98. The first-order valence-electron chi connectivity index (χ1n) is 3.89. The molecule has 0 unspecified atom stereocenters. The van der Waals surface area contributed by atoms with E-state index in [0.29, 0.717) is 0 Å². The smallest absolute Gasteiger partial charge is 0.244 e. The van der Waals surface area contributed by atoms with Crippen LogP contribution in [0.5, 0.6) is 0 Å². The molecule has 108 valence electrons. The SMILES string of the molecule is FC=C(F)C(F)(F)CF.FC=C(F)C(F)(F)CF. The van der Waals surface area contributed by atoms with Gasteiger partial charge in [0.1, 0.15) is 12.7 Å². The highest BCUT2D eigenvalue weighted by Gasteiger charge is 2.36. The minimum atomic E-state index is -4.30. The van der Waals surface area contributed by atoms with Crippen LogP contribution in [0.15, 0.2) is 24.3 Å². The fourth-order valence-electron chi connectivity index (χ4n) is 0.287. The molecule has 0 aromatic heterocycles. The topological polar surface area (TPSA) is 0 Å². The average molecular weight is 292 g/mol. The fourth-order valence-corrected chi connectivity index (χ4v) is 0.287. The Morgan fingerprint density at radius 3 is 1.00 bits per heavy atom. The van der Waals surface area contributed by atoms with E-state index in [0.717, 1.165) is 0 Å². The molecule has 0 aliphatic heterocycles. The zero-order valence-electron chi connectivity index (χ0n) is 8.35. The first kappa shape index (κ1) is 19.1. The van der Waals surface area contributed by atoms with Crippen LogP contribution in [0.1, 0.15) is 0 Å². The van der Waals surface area contributed by atoms with Gasteiger partial charge in [-0.3, -0.25) is 0 Å². The zero-order valence-corrected chi connectivity index (χ0v) is 8.35. The minimum Gasteiger partial charge on any atom is -0.244 e. The van der Waals surface area contributed by atoms with Crippen LogP contribution in [0, 0.1) is 0 Å². The van der Waals surface area contributed by atoms with Gasteiger partial charge in [0.05, 0.1) is 0 Å². The molecule has 0 amide bonds. The fraction of sp³-hybridized carbons (Fsp3) is 0.500. The molecule has 0 saturated heterocycles. The third-order valence-corrected chi connectivity index (χ3v) is 1.23. The van der Waals surface area contributed by atoms with Gasteiger partial charge < -0.3 is 0 Å². The molecule has 0 bridgehead atoms. The first-order chi connectivity index (χ1) is 8.08. The van der Waals surface area contributed by atoms with E-state index in [1.54, 1.807) is 0 Å². The Morgan fingerprint density at radius 2 is 0.944 bits per heavy atom. The molecule has 0 radical (unpaired) electrons. The quantitative estimate of drug-likeness (QED) is 0.656. The van der Waals surface area contributed by atoms with E-state index in [-0.39, 0.29) is 0 Å². The van der Waals surface area contributed by atoms with Gasteiger partial charge >= 0.3 is 11.8 Å². The lowest BCUT2D eigenvalue weighted by Gasteiger charge is -2.05. The maximum absolute atomic E-state index is 11.5. The highest BCUT2D eigenvalue weighted by molar-refractivity contribution is 5.00. The molecule has 0 heterocycles. The summed E-state index contributed by atoms with van der Waals surface area (Å²) in [5.74, 6) is -13.4. The van der Waals surface area contributed by atoms with E-state index in [9.17, 15) is 43.9 Å². The van der Waals surface area contributed by atoms with Crippen LogP contribution in [0.3, 0.4) is 0 Å². The second-order valence-electron chi connectivity index (χ2n) is 2.59. The second-order valence-corrected chi connectivity index (χ2v) is 2.59. The summed E-state index contributed by atoms with van der Waals surface area (Å²) in [4.78, 5) is 0. The van der Waals surface area contributed by atoms with E-state index >= 15 is 0 Å². The summed E-state index contributed by atoms with van der Waals surface area (Å²) in [6.45, 7) is -4.45. The molecular formula is C8H6F10. The summed E-state index contributed by atoms with van der Waals surface area (Å²) < 4.78 is 113. The number of hydrogen-bond acceptors (Lipinski definition) is 0. The molecule has 0 atom stereocenters. The van der Waals surface area contributed by atoms with Crippen molar-refractivity contribution in [1.82, 2.24) is 0 Å². The summed E-state index contributed by atoms with van der Waals surface area (Å²) in [6.07, 6.45) is -1.92. The Hall–Kier alpha value is -1.22. The van der Waals surface area contributed by atoms with Gasteiger partial charge in [-0.2, -0.15) is 17.6 Å². The van der Waals surface area contributed by atoms with Gasteiger partial charge in [-0.25, -0.2) is 26.3 Å². The lowest BCUT2D eigenvalue weighted by Crippen LogP contribution is -2.18. The van der Waals surface area contributed by atoms with Crippen LogP contribution in [-0.2, 0) is 0 Å².